The highest BCUT2D eigenvalue weighted by Gasteiger charge is 2.31. The number of hydrogen-bond acceptors (Lipinski definition) is 5. The molecule has 1 saturated heterocycles. The number of piperidine rings is 1. The zero-order chi connectivity index (χ0) is 20.6. The third-order valence-electron chi connectivity index (χ3n) is 5.09. The Morgan fingerprint density at radius 3 is 2.04 bits per heavy atom. The summed E-state index contributed by atoms with van der Waals surface area (Å²) in [5, 5.41) is 0. The highest BCUT2D eigenvalue weighted by Crippen LogP contribution is 2.30. The first-order chi connectivity index (χ1) is 12.2. The van der Waals surface area contributed by atoms with Gasteiger partial charge in [-0.2, -0.15) is 4.31 Å². The van der Waals surface area contributed by atoms with E-state index in [1.165, 1.54) is 6.26 Å². The molecule has 1 fully saturated rings. The normalized spacial score (nSPS) is 17.6. The van der Waals surface area contributed by atoms with E-state index in [1.54, 1.807) is 4.31 Å². The number of rotatable bonds is 4. The van der Waals surface area contributed by atoms with Gasteiger partial charge in [-0.15, -0.1) is 0 Å². The van der Waals surface area contributed by atoms with Crippen LogP contribution in [0.15, 0.2) is 6.07 Å². The molecular formula is C20H36N4O2S. The van der Waals surface area contributed by atoms with E-state index in [0.29, 0.717) is 6.54 Å². The first-order valence-electron chi connectivity index (χ1n) is 9.85. The molecule has 2 heterocycles. The van der Waals surface area contributed by atoms with Gasteiger partial charge >= 0.3 is 0 Å². The van der Waals surface area contributed by atoms with Crippen molar-refractivity contribution in [3.63, 3.8) is 0 Å². The minimum atomic E-state index is -3.16. The van der Waals surface area contributed by atoms with Crippen molar-refractivity contribution in [3.05, 3.63) is 17.6 Å². The van der Waals surface area contributed by atoms with E-state index < -0.39 is 10.0 Å². The van der Waals surface area contributed by atoms with Gasteiger partial charge in [-0.3, -0.25) is 0 Å². The van der Waals surface area contributed by atoms with E-state index in [-0.39, 0.29) is 16.9 Å². The second-order valence-corrected chi connectivity index (χ2v) is 11.6. The maximum atomic E-state index is 12.0. The van der Waals surface area contributed by atoms with Crippen LogP contribution in [-0.4, -0.2) is 54.6 Å². The molecular weight excluding hydrogens is 360 g/mol. The predicted molar refractivity (Wildman–Crippen MR) is 112 cm³/mol. The third-order valence-corrected chi connectivity index (χ3v) is 6.49. The Morgan fingerprint density at radius 1 is 1.07 bits per heavy atom. The quantitative estimate of drug-likeness (QED) is 0.781. The van der Waals surface area contributed by atoms with E-state index in [2.05, 4.69) is 52.5 Å². The molecule has 2 rings (SSSR count). The van der Waals surface area contributed by atoms with Crippen molar-refractivity contribution in [3.8, 4) is 0 Å². The predicted octanol–water partition coefficient (Wildman–Crippen LogP) is 3.32. The second kappa shape index (κ2) is 7.66. The van der Waals surface area contributed by atoms with Crippen LogP contribution in [0.25, 0.3) is 0 Å². The van der Waals surface area contributed by atoms with E-state index in [9.17, 15) is 8.42 Å². The zero-order valence-corrected chi connectivity index (χ0v) is 19.0. The maximum absolute atomic E-state index is 12.0. The topological polar surface area (TPSA) is 66.4 Å². The number of anilines is 1. The van der Waals surface area contributed by atoms with Gasteiger partial charge in [0.25, 0.3) is 0 Å². The standard InChI is InChI=1S/C20H36N4O2S/c1-9-24(27(8,25)26)15-10-12-23(13-11-15)17-14-16(19(2,3)4)21-18(22-17)20(5,6)7/h14-15H,9-13H2,1-8H3. The average molecular weight is 397 g/mol. The van der Waals surface area contributed by atoms with E-state index in [0.717, 1.165) is 43.3 Å². The summed E-state index contributed by atoms with van der Waals surface area (Å²) in [7, 11) is -3.16. The molecule has 154 valence electrons. The lowest BCUT2D eigenvalue weighted by Gasteiger charge is -2.38. The zero-order valence-electron chi connectivity index (χ0n) is 18.2. The van der Waals surface area contributed by atoms with Crippen LogP contribution in [0.2, 0.25) is 0 Å². The second-order valence-electron chi connectivity index (χ2n) is 9.62. The van der Waals surface area contributed by atoms with Gasteiger partial charge in [0.05, 0.1) is 11.9 Å². The van der Waals surface area contributed by atoms with Crippen LogP contribution in [-0.2, 0) is 20.9 Å². The number of sulfonamides is 1. The summed E-state index contributed by atoms with van der Waals surface area (Å²) < 4.78 is 25.7. The Kier molecular flexibility index (Phi) is 6.27. The lowest BCUT2D eigenvalue weighted by Crippen LogP contribution is -2.47. The Labute approximate surface area is 165 Å². The Balaban J connectivity index is 2.27. The first-order valence-corrected chi connectivity index (χ1v) is 11.7. The van der Waals surface area contributed by atoms with Crippen molar-refractivity contribution in [2.75, 3.05) is 30.8 Å². The third kappa shape index (κ3) is 5.41. The monoisotopic (exact) mass is 396 g/mol. The van der Waals surface area contributed by atoms with Gasteiger partial charge < -0.3 is 4.90 Å². The molecule has 1 aliphatic heterocycles. The Morgan fingerprint density at radius 2 is 1.63 bits per heavy atom. The molecule has 0 bridgehead atoms. The van der Waals surface area contributed by atoms with E-state index >= 15 is 0 Å². The van der Waals surface area contributed by atoms with Crippen molar-refractivity contribution in [1.82, 2.24) is 14.3 Å². The molecule has 7 heteroatoms. The molecule has 27 heavy (non-hydrogen) atoms. The summed E-state index contributed by atoms with van der Waals surface area (Å²) in [5.74, 6) is 1.82. The van der Waals surface area contributed by atoms with Gasteiger partial charge in [0.1, 0.15) is 11.6 Å². The summed E-state index contributed by atoms with van der Waals surface area (Å²) in [6, 6.07) is 2.18. The molecule has 0 aliphatic carbocycles. The molecule has 0 atom stereocenters. The average Bonchev–Trinajstić information content (AvgIpc) is 2.53. The minimum absolute atomic E-state index is 0.0503. The summed E-state index contributed by atoms with van der Waals surface area (Å²) in [6.45, 7) is 17.0. The van der Waals surface area contributed by atoms with Crippen molar-refractivity contribution in [2.45, 2.75) is 78.2 Å². The lowest BCUT2D eigenvalue weighted by atomic mass is 9.90. The van der Waals surface area contributed by atoms with Crippen LogP contribution in [0.4, 0.5) is 5.82 Å². The van der Waals surface area contributed by atoms with Crippen molar-refractivity contribution < 1.29 is 8.42 Å². The van der Waals surface area contributed by atoms with Crippen LogP contribution >= 0.6 is 0 Å². The molecule has 6 nitrogen and oxygen atoms in total. The van der Waals surface area contributed by atoms with E-state index in [1.807, 2.05) is 6.92 Å². The van der Waals surface area contributed by atoms with Crippen molar-refractivity contribution >= 4 is 15.8 Å². The molecule has 0 N–H and O–H groups in total. The minimum Gasteiger partial charge on any atom is -0.356 e. The largest absolute Gasteiger partial charge is 0.356 e. The molecule has 0 amide bonds. The molecule has 0 saturated carbocycles. The van der Waals surface area contributed by atoms with Crippen molar-refractivity contribution in [1.29, 1.82) is 0 Å². The van der Waals surface area contributed by atoms with Crippen molar-refractivity contribution in [2.24, 2.45) is 0 Å². The molecule has 1 aliphatic rings. The Bertz CT molecular complexity index is 723. The van der Waals surface area contributed by atoms with Crippen LogP contribution in [0.3, 0.4) is 0 Å². The fourth-order valence-electron chi connectivity index (χ4n) is 3.46. The van der Waals surface area contributed by atoms with Crippen LogP contribution in [0, 0.1) is 0 Å². The fraction of sp³-hybridized carbons (Fsp3) is 0.800. The number of hydrogen-bond donors (Lipinski definition) is 0. The fourth-order valence-corrected chi connectivity index (χ4v) is 4.68. The van der Waals surface area contributed by atoms with Crippen LogP contribution < -0.4 is 4.90 Å². The van der Waals surface area contributed by atoms with Gasteiger partial charge in [0.2, 0.25) is 10.0 Å². The first kappa shape index (κ1) is 22.1. The van der Waals surface area contributed by atoms with Gasteiger partial charge in [-0.1, -0.05) is 48.5 Å². The highest BCUT2D eigenvalue weighted by atomic mass is 32.2. The molecule has 0 radical (unpaired) electrons. The molecule has 0 spiro atoms. The maximum Gasteiger partial charge on any atom is 0.211 e. The van der Waals surface area contributed by atoms with E-state index in [4.69, 9.17) is 9.97 Å². The SMILES string of the molecule is CCN(C1CCN(c2cc(C(C)(C)C)nc(C(C)(C)C)n2)CC1)S(C)(=O)=O. The summed E-state index contributed by atoms with van der Waals surface area (Å²) >= 11 is 0. The molecule has 1 aromatic rings. The smallest absolute Gasteiger partial charge is 0.211 e. The van der Waals surface area contributed by atoms with Gasteiger partial charge in [-0.05, 0) is 12.8 Å². The molecule has 1 aromatic heterocycles. The van der Waals surface area contributed by atoms with Gasteiger partial charge in [0, 0.05) is 42.6 Å². The number of nitrogens with zero attached hydrogens (tertiary/aromatic N) is 4. The van der Waals surface area contributed by atoms with Gasteiger partial charge in [-0.25, -0.2) is 18.4 Å². The lowest BCUT2D eigenvalue weighted by molar-refractivity contribution is 0.285. The molecule has 0 unspecified atom stereocenters. The van der Waals surface area contributed by atoms with Crippen LogP contribution in [0.5, 0.6) is 0 Å². The number of aromatic nitrogens is 2. The highest BCUT2D eigenvalue weighted by molar-refractivity contribution is 7.88. The van der Waals surface area contributed by atoms with Crippen LogP contribution in [0.1, 0.15) is 72.8 Å². The summed E-state index contributed by atoms with van der Waals surface area (Å²) in [6.07, 6.45) is 2.94. The summed E-state index contributed by atoms with van der Waals surface area (Å²) in [5.41, 5.74) is 0.875. The Hall–Kier alpha value is -1.21. The molecule has 0 aromatic carbocycles. The summed E-state index contributed by atoms with van der Waals surface area (Å²) in [4.78, 5) is 12.0. The van der Waals surface area contributed by atoms with Gasteiger partial charge in [0.15, 0.2) is 0 Å².